The molecule has 2 aromatic carbocycles. The second-order valence-corrected chi connectivity index (χ2v) is 8.55. The fourth-order valence-electron chi connectivity index (χ4n) is 4.54. The molecule has 7 nitrogen and oxygen atoms in total. The smallest absolute Gasteiger partial charge is 0.304 e. The number of aryl methyl sites for hydroxylation is 1. The van der Waals surface area contributed by atoms with E-state index in [9.17, 15) is 4.79 Å². The van der Waals surface area contributed by atoms with Gasteiger partial charge < -0.3 is 24.8 Å². The van der Waals surface area contributed by atoms with Crippen molar-refractivity contribution >= 4 is 23.2 Å². The van der Waals surface area contributed by atoms with Crippen molar-refractivity contribution in [2.75, 3.05) is 30.0 Å². The van der Waals surface area contributed by atoms with E-state index in [0.29, 0.717) is 19.8 Å². The van der Waals surface area contributed by atoms with Crippen LogP contribution in [-0.4, -0.2) is 35.8 Å². The lowest BCUT2D eigenvalue weighted by molar-refractivity contribution is -0.137. The van der Waals surface area contributed by atoms with E-state index in [1.807, 2.05) is 37.3 Å². The van der Waals surface area contributed by atoms with E-state index in [4.69, 9.17) is 19.6 Å². The number of carboxylic acids is 1. The van der Waals surface area contributed by atoms with Crippen LogP contribution in [0.3, 0.4) is 0 Å². The molecule has 2 N–H and O–H groups in total. The molecule has 0 aliphatic carbocycles. The van der Waals surface area contributed by atoms with Gasteiger partial charge in [0.15, 0.2) is 11.6 Å². The SMILES string of the molecule is Cc1ccc2c(n1)N(c1cccc(CNc3ccc4c(c3)OCC4CC(=O)O)c1C)CCO2. The van der Waals surface area contributed by atoms with Crippen LogP contribution in [0.2, 0.25) is 0 Å². The van der Waals surface area contributed by atoms with Crippen LogP contribution in [0.1, 0.15) is 34.7 Å². The van der Waals surface area contributed by atoms with Crippen molar-refractivity contribution in [2.45, 2.75) is 32.7 Å². The number of hydrogen-bond donors (Lipinski definition) is 2. The van der Waals surface area contributed by atoms with Gasteiger partial charge in [-0.1, -0.05) is 18.2 Å². The van der Waals surface area contributed by atoms with Crippen LogP contribution in [0, 0.1) is 13.8 Å². The lowest BCUT2D eigenvalue weighted by Crippen LogP contribution is -2.30. The second kappa shape index (κ2) is 8.65. The molecule has 0 amide bonds. The summed E-state index contributed by atoms with van der Waals surface area (Å²) in [6, 6.07) is 16.2. The van der Waals surface area contributed by atoms with E-state index >= 15 is 0 Å². The molecule has 2 aliphatic rings. The van der Waals surface area contributed by atoms with Crippen molar-refractivity contribution in [3.8, 4) is 11.5 Å². The van der Waals surface area contributed by atoms with Gasteiger partial charge in [-0.25, -0.2) is 4.98 Å². The number of carbonyl (C=O) groups is 1. The summed E-state index contributed by atoms with van der Waals surface area (Å²) in [5.41, 5.74) is 6.40. The molecule has 0 bridgehead atoms. The summed E-state index contributed by atoms with van der Waals surface area (Å²) in [6.07, 6.45) is 0.0881. The molecule has 5 rings (SSSR count). The van der Waals surface area contributed by atoms with Crippen LogP contribution in [0.25, 0.3) is 0 Å². The summed E-state index contributed by atoms with van der Waals surface area (Å²) in [5.74, 6) is 1.56. The van der Waals surface area contributed by atoms with E-state index in [1.54, 1.807) is 0 Å². The number of ether oxygens (including phenoxy) is 2. The molecule has 0 spiro atoms. The maximum atomic E-state index is 11.1. The maximum absolute atomic E-state index is 11.1. The Balaban J connectivity index is 1.34. The molecule has 0 saturated heterocycles. The third-order valence-electron chi connectivity index (χ3n) is 6.31. The highest BCUT2D eigenvalue weighted by Crippen LogP contribution is 2.39. The lowest BCUT2D eigenvalue weighted by atomic mass is 9.98. The number of pyridine rings is 1. The number of nitrogens with one attached hydrogen (secondary N) is 1. The van der Waals surface area contributed by atoms with Gasteiger partial charge in [0.2, 0.25) is 0 Å². The molecular weight excluding hydrogens is 418 g/mol. The summed E-state index contributed by atoms with van der Waals surface area (Å²) in [4.78, 5) is 18.0. The third kappa shape index (κ3) is 4.18. The fourth-order valence-corrected chi connectivity index (χ4v) is 4.54. The van der Waals surface area contributed by atoms with Crippen LogP contribution < -0.4 is 19.7 Å². The molecule has 33 heavy (non-hydrogen) atoms. The van der Waals surface area contributed by atoms with Gasteiger partial charge in [0.25, 0.3) is 0 Å². The number of nitrogens with zero attached hydrogens (tertiary/aromatic N) is 2. The Morgan fingerprint density at radius 2 is 2.03 bits per heavy atom. The average Bonchev–Trinajstić information content (AvgIpc) is 3.19. The first-order valence-electron chi connectivity index (χ1n) is 11.2. The minimum Gasteiger partial charge on any atom is -0.493 e. The van der Waals surface area contributed by atoms with Gasteiger partial charge in [-0.2, -0.15) is 0 Å². The zero-order valence-corrected chi connectivity index (χ0v) is 18.8. The molecule has 170 valence electrons. The average molecular weight is 446 g/mol. The minimum atomic E-state index is -0.803. The molecule has 1 atom stereocenters. The minimum absolute atomic E-state index is 0.0841. The molecule has 0 fully saturated rings. The zero-order chi connectivity index (χ0) is 22.9. The van der Waals surface area contributed by atoms with E-state index < -0.39 is 5.97 Å². The Morgan fingerprint density at radius 1 is 1.15 bits per heavy atom. The number of fused-ring (bicyclic) bond motifs is 2. The first-order chi connectivity index (χ1) is 16.0. The standard InChI is InChI=1S/C26H27N3O4/c1-16-6-9-23-26(28-16)29(10-11-32-23)22-5-3-4-18(17(22)2)14-27-20-7-8-21-19(12-25(30)31)15-33-24(21)13-20/h3-9,13,19,27H,10-12,14-15H2,1-2H3,(H,30,31). The first kappa shape index (κ1) is 21.1. The van der Waals surface area contributed by atoms with Crippen LogP contribution in [0.4, 0.5) is 17.2 Å². The van der Waals surface area contributed by atoms with Crippen molar-refractivity contribution in [2.24, 2.45) is 0 Å². The number of benzene rings is 2. The van der Waals surface area contributed by atoms with Crippen LogP contribution >= 0.6 is 0 Å². The van der Waals surface area contributed by atoms with Gasteiger partial charge in [0.1, 0.15) is 12.4 Å². The Bertz CT molecular complexity index is 1210. The number of anilines is 3. The summed E-state index contributed by atoms with van der Waals surface area (Å²) in [6.45, 7) is 6.58. The normalized spacial score (nSPS) is 16.4. The molecule has 0 radical (unpaired) electrons. The Labute approximate surface area is 193 Å². The van der Waals surface area contributed by atoms with Crippen molar-refractivity contribution in [1.29, 1.82) is 0 Å². The van der Waals surface area contributed by atoms with Gasteiger partial charge in [-0.3, -0.25) is 4.79 Å². The van der Waals surface area contributed by atoms with Gasteiger partial charge >= 0.3 is 5.97 Å². The first-order valence-corrected chi connectivity index (χ1v) is 11.2. The topological polar surface area (TPSA) is 83.9 Å². The van der Waals surface area contributed by atoms with E-state index in [1.165, 1.54) is 11.1 Å². The predicted octanol–water partition coefficient (Wildman–Crippen LogP) is 4.79. The predicted molar refractivity (Wildman–Crippen MR) is 127 cm³/mol. The Morgan fingerprint density at radius 3 is 2.88 bits per heavy atom. The molecule has 7 heteroatoms. The molecule has 3 aromatic rings. The van der Waals surface area contributed by atoms with Gasteiger partial charge in [-0.15, -0.1) is 0 Å². The number of rotatable bonds is 6. The van der Waals surface area contributed by atoms with Crippen LogP contribution in [0.5, 0.6) is 11.5 Å². The second-order valence-electron chi connectivity index (χ2n) is 8.55. The van der Waals surface area contributed by atoms with Gasteiger partial charge in [0.05, 0.1) is 19.6 Å². The van der Waals surface area contributed by atoms with Crippen molar-refractivity contribution in [3.63, 3.8) is 0 Å². The maximum Gasteiger partial charge on any atom is 0.304 e. The highest BCUT2D eigenvalue weighted by atomic mass is 16.5. The highest BCUT2D eigenvalue weighted by Gasteiger charge is 2.27. The summed E-state index contributed by atoms with van der Waals surface area (Å²) in [7, 11) is 0. The highest BCUT2D eigenvalue weighted by molar-refractivity contribution is 5.71. The Kier molecular flexibility index (Phi) is 5.54. The van der Waals surface area contributed by atoms with E-state index in [-0.39, 0.29) is 12.3 Å². The van der Waals surface area contributed by atoms with E-state index in [2.05, 4.69) is 35.3 Å². The summed E-state index contributed by atoms with van der Waals surface area (Å²) in [5, 5.41) is 12.6. The largest absolute Gasteiger partial charge is 0.493 e. The van der Waals surface area contributed by atoms with Crippen molar-refractivity contribution in [3.05, 3.63) is 70.9 Å². The zero-order valence-electron chi connectivity index (χ0n) is 18.8. The van der Waals surface area contributed by atoms with Crippen LogP contribution in [0.15, 0.2) is 48.5 Å². The number of carboxylic acid groups (broad SMARTS) is 1. The fraction of sp³-hybridized carbons (Fsp3) is 0.308. The van der Waals surface area contributed by atoms with Gasteiger partial charge in [-0.05, 0) is 49.2 Å². The Hall–Kier alpha value is -3.74. The molecule has 2 aliphatic heterocycles. The van der Waals surface area contributed by atoms with Gasteiger partial charge in [0, 0.05) is 41.2 Å². The van der Waals surface area contributed by atoms with Crippen molar-refractivity contribution in [1.82, 2.24) is 4.98 Å². The molecule has 0 saturated carbocycles. The monoisotopic (exact) mass is 445 g/mol. The third-order valence-corrected chi connectivity index (χ3v) is 6.31. The van der Waals surface area contributed by atoms with Crippen molar-refractivity contribution < 1.29 is 19.4 Å². The number of aromatic nitrogens is 1. The molecule has 1 unspecified atom stereocenters. The van der Waals surface area contributed by atoms with E-state index in [0.717, 1.165) is 46.5 Å². The summed E-state index contributed by atoms with van der Waals surface area (Å²) >= 11 is 0. The summed E-state index contributed by atoms with van der Waals surface area (Å²) < 4.78 is 11.6. The quantitative estimate of drug-likeness (QED) is 0.564. The number of hydrogen-bond acceptors (Lipinski definition) is 6. The molecule has 1 aromatic heterocycles. The number of aliphatic carboxylic acids is 1. The molecular formula is C26H27N3O4. The van der Waals surface area contributed by atoms with Crippen LogP contribution in [-0.2, 0) is 11.3 Å². The molecule has 3 heterocycles. The lowest BCUT2D eigenvalue weighted by Gasteiger charge is -2.32.